The van der Waals surface area contributed by atoms with Gasteiger partial charge in [-0.25, -0.2) is 0 Å². The molecular weight excluding hydrogens is 306 g/mol. The van der Waals surface area contributed by atoms with E-state index in [1.165, 1.54) is 0 Å². The average molecular weight is 326 g/mol. The first-order valence-corrected chi connectivity index (χ1v) is 6.72. The number of benzene rings is 1. The second kappa shape index (κ2) is 9.19. The summed E-state index contributed by atoms with van der Waals surface area (Å²) in [5.41, 5.74) is 6.91. The molecule has 1 aromatic carbocycles. The summed E-state index contributed by atoms with van der Waals surface area (Å²) < 4.78 is 10.00. The van der Waals surface area contributed by atoms with Crippen molar-refractivity contribution >= 4 is 18.3 Å². The van der Waals surface area contributed by atoms with Gasteiger partial charge in [0.15, 0.2) is 11.5 Å². The van der Waals surface area contributed by atoms with Crippen LogP contribution in [0.5, 0.6) is 0 Å². The van der Waals surface area contributed by atoms with Gasteiger partial charge in [-0.05, 0) is 5.56 Å². The van der Waals surface area contributed by atoms with Crippen LogP contribution in [-0.2, 0) is 17.9 Å². The van der Waals surface area contributed by atoms with Crippen LogP contribution in [0.15, 0.2) is 40.9 Å². The van der Waals surface area contributed by atoms with Crippen LogP contribution in [0, 0.1) is 0 Å². The molecule has 2 N–H and O–H groups in total. The minimum absolute atomic E-state index is 0. The highest BCUT2D eigenvalue weighted by atomic mass is 35.5. The Bertz CT molecular complexity index is 574. The van der Waals surface area contributed by atoms with Gasteiger partial charge in [0.1, 0.15) is 6.61 Å². The number of hydrogen-bond donors (Lipinski definition) is 1. The van der Waals surface area contributed by atoms with E-state index in [4.69, 9.17) is 15.0 Å². The Morgan fingerprint density at radius 1 is 1.36 bits per heavy atom. The maximum atomic E-state index is 12.5. The number of aromatic nitrogens is 1. The topological polar surface area (TPSA) is 81.6 Å². The summed E-state index contributed by atoms with van der Waals surface area (Å²) in [4.78, 5) is 14.1. The SMILES string of the molecule is COCc1cc(C(=O)N(CCN)Cc2ccccc2)no1.Cl. The molecule has 0 saturated carbocycles. The number of halogens is 1. The number of amides is 1. The molecule has 0 radical (unpaired) electrons. The maximum Gasteiger partial charge on any atom is 0.276 e. The van der Waals surface area contributed by atoms with E-state index in [0.29, 0.717) is 25.4 Å². The summed E-state index contributed by atoms with van der Waals surface area (Å²) in [7, 11) is 1.56. The van der Waals surface area contributed by atoms with Gasteiger partial charge in [0.2, 0.25) is 0 Å². The van der Waals surface area contributed by atoms with Gasteiger partial charge in [0, 0.05) is 32.8 Å². The number of nitrogens with zero attached hydrogens (tertiary/aromatic N) is 2. The fraction of sp³-hybridized carbons (Fsp3) is 0.333. The molecule has 1 aromatic heterocycles. The van der Waals surface area contributed by atoms with E-state index in [0.717, 1.165) is 5.56 Å². The lowest BCUT2D eigenvalue weighted by Gasteiger charge is -2.20. The molecule has 0 spiro atoms. The molecule has 0 fully saturated rings. The van der Waals surface area contributed by atoms with Gasteiger partial charge in [0.05, 0.1) is 0 Å². The van der Waals surface area contributed by atoms with Gasteiger partial charge in [-0.3, -0.25) is 4.79 Å². The maximum absolute atomic E-state index is 12.5. The summed E-state index contributed by atoms with van der Waals surface area (Å²) >= 11 is 0. The summed E-state index contributed by atoms with van der Waals surface area (Å²) in [6, 6.07) is 11.3. The summed E-state index contributed by atoms with van der Waals surface area (Å²) in [6.07, 6.45) is 0. The lowest BCUT2D eigenvalue weighted by molar-refractivity contribution is 0.0737. The van der Waals surface area contributed by atoms with Crippen LogP contribution >= 0.6 is 12.4 Å². The minimum Gasteiger partial charge on any atom is -0.377 e. The lowest BCUT2D eigenvalue weighted by Crippen LogP contribution is -2.35. The Kier molecular flexibility index (Phi) is 7.59. The molecular formula is C15H20ClN3O3. The van der Waals surface area contributed by atoms with Gasteiger partial charge < -0.3 is 19.9 Å². The normalized spacial score (nSPS) is 10.1. The molecule has 7 heteroatoms. The number of carbonyl (C=O) groups excluding carboxylic acids is 1. The van der Waals surface area contributed by atoms with Crippen LogP contribution in [0.25, 0.3) is 0 Å². The third-order valence-electron chi connectivity index (χ3n) is 2.97. The molecule has 1 heterocycles. The van der Waals surface area contributed by atoms with Crippen molar-refractivity contribution in [2.75, 3.05) is 20.2 Å². The Hall–Kier alpha value is -1.89. The summed E-state index contributed by atoms with van der Waals surface area (Å²) in [6.45, 7) is 1.63. The van der Waals surface area contributed by atoms with E-state index in [1.807, 2.05) is 30.3 Å². The van der Waals surface area contributed by atoms with E-state index in [1.54, 1.807) is 18.1 Å². The molecule has 2 rings (SSSR count). The zero-order chi connectivity index (χ0) is 15.1. The van der Waals surface area contributed by atoms with E-state index >= 15 is 0 Å². The van der Waals surface area contributed by atoms with Crippen molar-refractivity contribution in [3.63, 3.8) is 0 Å². The number of methoxy groups -OCH3 is 1. The zero-order valence-corrected chi connectivity index (χ0v) is 13.2. The van der Waals surface area contributed by atoms with Crippen LogP contribution in [-0.4, -0.2) is 36.2 Å². The predicted octanol–water partition coefficient (Wildman–Crippen LogP) is 1.84. The first kappa shape index (κ1) is 18.2. The van der Waals surface area contributed by atoms with Crippen molar-refractivity contribution in [1.82, 2.24) is 10.1 Å². The fourth-order valence-electron chi connectivity index (χ4n) is 2.00. The third-order valence-corrected chi connectivity index (χ3v) is 2.97. The molecule has 0 bridgehead atoms. The monoisotopic (exact) mass is 325 g/mol. The van der Waals surface area contributed by atoms with Crippen molar-refractivity contribution in [2.24, 2.45) is 5.73 Å². The quantitative estimate of drug-likeness (QED) is 0.840. The van der Waals surface area contributed by atoms with E-state index in [9.17, 15) is 4.79 Å². The number of nitrogens with two attached hydrogens (primary N) is 1. The highest BCUT2D eigenvalue weighted by molar-refractivity contribution is 5.92. The van der Waals surface area contributed by atoms with Crippen LogP contribution in [0.2, 0.25) is 0 Å². The lowest BCUT2D eigenvalue weighted by atomic mass is 10.2. The molecule has 0 aliphatic heterocycles. The van der Waals surface area contributed by atoms with Crippen LogP contribution in [0.3, 0.4) is 0 Å². The molecule has 22 heavy (non-hydrogen) atoms. The number of ether oxygens (including phenoxy) is 1. The zero-order valence-electron chi connectivity index (χ0n) is 12.4. The summed E-state index contributed by atoms with van der Waals surface area (Å²) in [5.74, 6) is 0.323. The molecule has 0 aliphatic carbocycles. The average Bonchev–Trinajstić information content (AvgIpc) is 2.96. The first-order chi connectivity index (χ1) is 10.2. The first-order valence-electron chi connectivity index (χ1n) is 6.72. The molecule has 1 amide bonds. The van der Waals surface area contributed by atoms with Gasteiger partial charge in [0.25, 0.3) is 5.91 Å². The largest absolute Gasteiger partial charge is 0.377 e. The van der Waals surface area contributed by atoms with E-state index in [-0.39, 0.29) is 30.6 Å². The Labute approximate surface area is 135 Å². The van der Waals surface area contributed by atoms with Crippen LogP contribution in [0.4, 0.5) is 0 Å². The Balaban J connectivity index is 0.00000242. The molecule has 6 nitrogen and oxygen atoms in total. The van der Waals surface area contributed by atoms with Crippen molar-refractivity contribution in [3.8, 4) is 0 Å². The van der Waals surface area contributed by atoms with Crippen molar-refractivity contribution in [3.05, 3.63) is 53.4 Å². The van der Waals surface area contributed by atoms with Crippen LogP contribution < -0.4 is 5.73 Å². The Morgan fingerprint density at radius 3 is 2.73 bits per heavy atom. The minimum atomic E-state index is -0.199. The molecule has 0 aliphatic rings. The van der Waals surface area contributed by atoms with Gasteiger partial charge >= 0.3 is 0 Å². The molecule has 0 atom stereocenters. The van der Waals surface area contributed by atoms with Gasteiger partial charge in [-0.1, -0.05) is 35.5 Å². The standard InChI is InChI=1S/C15H19N3O3.ClH/c1-20-11-13-9-14(17-21-13)15(19)18(8-7-16)10-12-5-3-2-4-6-12;/h2-6,9H,7-8,10-11,16H2,1H3;1H. The van der Waals surface area contributed by atoms with Crippen molar-refractivity contribution in [2.45, 2.75) is 13.2 Å². The summed E-state index contributed by atoms with van der Waals surface area (Å²) in [5, 5.41) is 3.79. The van der Waals surface area contributed by atoms with E-state index < -0.39 is 0 Å². The predicted molar refractivity (Wildman–Crippen MR) is 84.7 cm³/mol. The highest BCUT2D eigenvalue weighted by Gasteiger charge is 2.19. The highest BCUT2D eigenvalue weighted by Crippen LogP contribution is 2.11. The van der Waals surface area contributed by atoms with Crippen molar-refractivity contribution in [1.29, 1.82) is 0 Å². The number of hydrogen-bond acceptors (Lipinski definition) is 5. The van der Waals surface area contributed by atoms with Gasteiger partial charge in [-0.15, -0.1) is 12.4 Å². The number of carbonyl (C=O) groups is 1. The molecule has 0 unspecified atom stereocenters. The smallest absolute Gasteiger partial charge is 0.276 e. The van der Waals surface area contributed by atoms with Crippen LogP contribution in [0.1, 0.15) is 21.8 Å². The fourth-order valence-corrected chi connectivity index (χ4v) is 2.00. The molecule has 120 valence electrons. The third kappa shape index (κ3) is 4.84. The second-order valence-corrected chi connectivity index (χ2v) is 4.61. The van der Waals surface area contributed by atoms with E-state index in [2.05, 4.69) is 5.16 Å². The molecule has 2 aromatic rings. The Morgan fingerprint density at radius 2 is 2.09 bits per heavy atom. The molecule has 0 saturated heterocycles. The number of rotatable bonds is 7. The van der Waals surface area contributed by atoms with Gasteiger partial charge in [-0.2, -0.15) is 0 Å². The second-order valence-electron chi connectivity index (χ2n) is 4.61. The van der Waals surface area contributed by atoms with Crippen molar-refractivity contribution < 1.29 is 14.1 Å².